The summed E-state index contributed by atoms with van der Waals surface area (Å²) in [7, 11) is 1.82. The number of aromatic nitrogens is 2. The van der Waals surface area contributed by atoms with Gasteiger partial charge >= 0.3 is 0 Å². The lowest BCUT2D eigenvalue weighted by molar-refractivity contribution is -0.135. The number of carbonyl (C=O) groups is 2. The Morgan fingerprint density at radius 3 is 2.89 bits per heavy atom. The Labute approximate surface area is 105 Å². The van der Waals surface area contributed by atoms with Crippen LogP contribution in [0.25, 0.3) is 0 Å². The van der Waals surface area contributed by atoms with Crippen LogP contribution in [0, 0.1) is 0 Å². The van der Waals surface area contributed by atoms with Crippen molar-refractivity contribution in [3.05, 3.63) is 12.4 Å². The second-order valence-corrected chi connectivity index (χ2v) is 4.86. The van der Waals surface area contributed by atoms with Crippen LogP contribution in [0.2, 0.25) is 0 Å². The van der Waals surface area contributed by atoms with E-state index < -0.39 is 0 Å². The van der Waals surface area contributed by atoms with Crippen LogP contribution < -0.4 is 4.90 Å². The minimum atomic E-state index is -0.264. The Bertz CT molecular complexity index is 496. The van der Waals surface area contributed by atoms with E-state index in [9.17, 15) is 9.59 Å². The first-order chi connectivity index (χ1) is 8.66. The summed E-state index contributed by atoms with van der Waals surface area (Å²) in [6.07, 6.45) is 5.58. The smallest absolute Gasteiger partial charge is 0.249 e. The number of nitrogens with zero attached hydrogens (tertiary/aromatic N) is 4. The van der Waals surface area contributed by atoms with E-state index in [0.29, 0.717) is 13.0 Å². The van der Waals surface area contributed by atoms with E-state index in [1.54, 1.807) is 20.7 Å². The normalized spacial score (nSPS) is 24.4. The minimum absolute atomic E-state index is 0.0337. The molecule has 2 amide bonds. The number of carbonyl (C=O) groups excluding carboxylic acids is 2. The third-order valence-electron chi connectivity index (χ3n) is 3.68. The van der Waals surface area contributed by atoms with Gasteiger partial charge in [-0.15, -0.1) is 0 Å². The molecule has 0 aromatic carbocycles. The molecule has 18 heavy (non-hydrogen) atoms. The molecular weight excluding hydrogens is 232 g/mol. The second kappa shape index (κ2) is 4.12. The molecule has 1 aromatic heterocycles. The quantitative estimate of drug-likeness (QED) is 0.710. The third-order valence-corrected chi connectivity index (χ3v) is 3.68. The van der Waals surface area contributed by atoms with Gasteiger partial charge in [-0.3, -0.25) is 14.3 Å². The summed E-state index contributed by atoms with van der Waals surface area (Å²) in [4.78, 5) is 27.9. The third kappa shape index (κ3) is 1.68. The lowest BCUT2D eigenvalue weighted by Crippen LogP contribution is -2.43. The van der Waals surface area contributed by atoms with E-state index in [1.807, 2.05) is 13.2 Å². The number of anilines is 1. The van der Waals surface area contributed by atoms with Gasteiger partial charge in [0.05, 0.1) is 11.9 Å². The second-order valence-electron chi connectivity index (χ2n) is 4.86. The highest BCUT2D eigenvalue weighted by Gasteiger charge is 2.39. The lowest BCUT2D eigenvalue weighted by atomic mass is 10.2. The van der Waals surface area contributed by atoms with Crippen molar-refractivity contribution in [3.63, 3.8) is 0 Å². The molecule has 0 saturated carbocycles. The first-order valence-corrected chi connectivity index (χ1v) is 6.26. The van der Waals surface area contributed by atoms with E-state index in [1.165, 1.54) is 0 Å². The number of hydrogen-bond donors (Lipinski definition) is 0. The predicted octanol–water partition coefficient (Wildman–Crippen LogP) is 0.148. The molecule has 1 aromatic rings. The number of hydrogen-bond acceptors (Lipinski definition) is 3. The van der Waals surface area contributed by atoms with Crippen LogP contribution in [-0.4, -0.2) is 45.6 Å². The molecule has 1 atom stereocenters. The maximum atomic E-state index is 12.5. The highest BCUT2D eigenvalue weighted by atomic mass is 16.2. The van der Waals surface area contributed by atoms with Crippen LogP contribution in [0.15, 0.2) is 12.4 Å². The largest absolute Gasteiger partial charge is 0.331 e. The highest BCUT2D eigenvalue weighted by molar-refractivity contribution is 6.01. The molecule has 0 radical (unpaired) electrons. The maximum absolute atomic E-state index is 12.5. The standard InChI is InChI=1S/C12H16N4O2/c1-14-8-9(7-13-14)15-6-4-11(17)16-5-2-3-10(16)12(15)18/h7-8,10H,2-6H2,1H3. The molecule has 6 heteroatoms. The Morgan fingerprint density at radius 2 is 2.17 bits per heavy atom. The Morgan fingerprint density at radius 1 is 1.33 bits per heavy atom. The average molecular weight is 248 g/mol. The topological polar surface area (TPSA) is 58.4 Å². The molecule has 6 nitrogen and oxygen atoms in total. The van der Waals surface area contributed by atoms with E-state index in [2.05, 4.69) is 5.10 Å². The van der Waals surface area contributed by atoms with Gasteiger partial charge in [0.2, 0.25) is 11.8 Å². The van der Waals surface area contributed by atoms with Crippen molar-refractivity contribution >= 4 is 17.5 Å². The molecule has 0 aliphatic carbocycles. The van der Waals surface area contributed by atoms with Gasteiger partial charge in [-0.05, 0) is 12.8 Å². The SMILES string of the molecule is Cn1cc(N2CCC(=O)N3CCCC3C2=O)cn1. The van der Waals surface area contributed by atoms with Crippen LogP contribution in [-0.2, 0) is 16.6 Å². The van der Waals surface area contributed by atoms with Crippen LogP contribution in [0.3, 0.4) is 0 Å². The van der Waals surface area contributed by atoms with E-state index in [0.717, 1.165) is 25.1 Å². The van der Waals surface area contributed by atoms with Gasteiger partial charge in [0.25, 0.3) is 0 Å². The fourth-order valence-electron chi connectivity index (χ4n) is 2.77. The summed E-state index contributed by atoms with van der Waals surface area (Å²) in [5.74, 6) is 0.128. The summed E-state index contributed by atoms with van der Waals surface area (Å²) >= 11 is 0. The van der Waals surface area contributed by atoms with E-state index in [-0.39, 0.29) is 17.9 Å². The van der Waals surface area contributed by atoms with E-state index >= 15 is 0 Å². The Balaban J connectivity index is 1.92. The molecule has 2 aliphatic heterocycles. The highest BCUT2D eigenvalue weighted by Crippen LogP contribution is 2.26. The molecular formula is C12H16N4O2. The van der Waals surface area contributed by atoms with Crippen molar-refractivity contribution in [1.82, 2.24) is 14.7 Å². The zero-order chi connectivity index (χ0) is 12.7. The van der Waals surface area contributed by atoms with Crippen LogP contribution in [0.5, 0.6) is 0 Å². The molecule has 0 spiro atoms. The van der Waals surface area contributed by atoms with Gasteiger partial charge in [0, 0.05) is 32.8 Å². The zero-order valence-corrected chi connectivity index (χ0v) is 10.4. The molecule has 0 N–H and O–H groups in total. The van der Waals surface area contributed by atoms with Gasteiger partial charge in [-0.25, -0.2) is 0 Å². The number of fused-ring (bicyclic) bond motifs is 1. The van der Waals surface area contributed by atoms with Crippen molar-refractivity contribution in [3.8, 4) is 0 Å². The minimum Gasteiger partial charge on any atom is -0.331 e. The van der Waals surface area contributed by atoms with Crippen molar-refractivity contribution in [1.29, 1.82) is 0 Å². The van der Waals surface area contributed by atoms with Crippen molar-refractivity contribution < 1.29 is 9.59 Å². The molecule has 2 fully saturated rings. The monoisotopic (exact) mass is 248 g/mol. The summed E-state index contributed by atoms with van der Waals surface area (Å²) < 4.78 is 1.67. The fraction of sp³-hybridized carbons (Fsp3) is 0.583. The molecule has 2 saturated heterocycles. The Hall–Kier alpha value is -1.85. The first-order valence-electron chi connectivity index (χ1n) is 6.26. The zero-order valence-electron chi connectivity index (χ0n) is 10.4. The van der Waals surface area contributed by atoms with Gasteiger partial charge in [0.15, 0.2) is 0 Å². The molecule has 3 rings (SSSR count). The van der Waals surface area contributed by atoms with Crippen LogP contribution >= 0.6 is 0 Å². The van der Waals surface area contributed by atoms with Gasteiger partial charge in [-0.1, -0.05) is 0 Å². The summed E-state index contributed by atoms with van der Waals surface area (Å²) in [5, 5.41) is 4.09. The van der Waals surface area contributed by atoms with Crippen LogP contribution in [0.4, 0.5) is 5.69 Å². The molecule has 1 unspecified atom stereocenters. The van der Waals surface area contributed by atoms with Crippen molar-refractivity contribution in [2.24, 2.45) is 7.05 Å². The average Bonchev–Trinajstić information content (AvgIpc) is 2.95. The number of amides is 2. The van der Waals surface area contributed by atoms with Crippen molar-refractivity contribution in [2.45, 2.75) is 25.3 Å². The van der Waals surface area contributed by atoms with Gasteiger partial charge in [0.1, 0.15) is 6.04 Å². The molecule has 3 heterocycles. The number of aryl methyl sites for hydroxylation is 1. The molecule has 0 bridgehead atoms. The Kier molecular flexibility index (Phi) is 2.57. The number of rotatable bonds is 1. The maximum Gasteiger partial charge on any atom is 0.249 e. The van der Waals surface area contributed by atoms with Crippen molar-refractivity contribution in [2.75, 3.05) is 18.0 Å². The molecule has 2 aliphatic rings. The van der Waals surface area contributed by atoms with Gasteiger partial charge < -0.3 is 9.80 Å². The van der Waals surface area contributed by atoms with E-state index in [4.69, 9.17) is 0 Å². The first kappa shape index (κ1) is 11.3. The fourth-order valence-corrected chi connectivity index (χ4v) is 2.77. The molecule has 96 valence electrons. The summed E-state index contributed by atoms with van der Waals surface area (Å²) in [6.45, 7) is 1.17. The van der Waals surface area contributed by atoms with Gasteiger partial charge in [-0.2, -0.15) is 5.10 Å². The summed E-state index contributed by atoms with van der Waals surface area (Å²) in [6, 6.07) is -0.264. The predicted molar refractivity (Wildman–Crippen MR) is 64.9 cm³/mol. The lowest BCUT2D eigenvalue weighted by Gasteiger charge is -2.24. The summed E-state index contributed by atoms with van der Waals surface area (Å²) in [5.41, 5.74) is 0.782. The van der Waals surface area contributed by atoms with Crippen LogP contribution in [0.1, 0.15) is 19.3 Å².